The second-order valence-electron chi connectivity index (χ2n) is 8.68. The van der Waals surface area contributed by atoms with E-state index in [-0.39, 0.29) is 17.2 Å². The van der Waals surface area contributed by atoms with Crippen molar-refractivity contribution in [3.05, 3.63) is 98.4 Å². The summed E-state index contributed by atoms with van der Waals surface area (Å²) in [6, 6.07) is 18.6. The maximum absolute atomic E-state index is 12.9. The number of nitrogens with zero attached hydrogens (tertiary/aromatic N) is 2. The minimum atomic E-state index is -0.568. The van der Waals surface area contributed by atoms with Crippen LogP contribution in [0.1, 0.15) is 30.5 Å². The van der Waals surface area contributed by atoms with Gasteiger partial charge in [0.15, 0.2) is 11.5 Å². The standard InChI is InChI=1S/C29H27N3O7S/c1-3-19-9-12-22(13-10-19)30-27(33)17-31-28(34)26(40-29(31)35)16-20-11-14-24(25(15-20)38-4-2)39-18-21-7-5-6-8-23(21)32(36)37/h5-16H,3-4,17-18H2,1-2H3,(H,30,33)/b26-16+. The number of amides is 3. The number of nitrogens with one attached hydrogen (secondary N) is 1. The largest absolute Gasteiger partial charge is 0.490 e. The van der Waals surface area contributed by atoms with E-state index in [1.165, 1.54) is 6.07 Å². The molecule has 40 heavy (non-hydrogen) atoms. The molecule has 0 aromatic heterocycles. The van der Waals surface area contributed by atoms with Crippen molar-refractivity contribution in [2.45, 2.75) is 26.9 Å². The molecule has 3 amide bonds. The van der Waals surface area contributed by atoms with E-state index in [0.717, 1.165) is 28.6 Å². The van der Waals surface area contributed by atoms with Gasteiger partial charge in [0.2, 0.25) is 5.91 Å². The van der Waals surface area contributed by atoms with Gasteiger partial charge in [0.05, 0.1) is 22.0 Å². The summed E-state index contributed by atoms with van der Waals surface area (Å²) >= 11 is 0.748. The summed E-state index contributed by atoms with van der Waals surface area (Å²) in [6.45, 7) is 3.72. The fourth-order valence-electron chi connectivity index (χ4n) is 3.92. The van der Waals surface area contributed by atoms with Gasteiger partial charge in [-0.2, -0.15) is 0 Å². The molecule has 4 rings (SSSR count). The van der Waals surface area contributed by atoms with Crippen molar-refractivity contribution < 1.29 is 28.8 Å². The van der Waals surface area contributed by atoms with Gasteiger partial charge in [-0.05, 0) is 72.6 Å². The van der Waals surface area contributed by atoms with Crippen molar-refractivity contribution in [1.82, 2.24) is 4.90 Å². The van der Waals surface area contributed by atoms with E-state index >= 15 is 0 Å². The van der Waals surface area contributed by atoms with Crippen LogP contribution in [0.25, 0.3) is 6.08 Å². The molecule has 0 unspecified atom stereocenters. The number of ether oxygens (including phenoxy) is 2. The fourth-order valence-corrected chi connectivity index (χ4v) is 4.76. The van der Waals surface area contributed by atoms with Crippen molar-refractivity contribution >= 4 is 46.3 Å². The van der Waals surface area contributed by atoms with Gasteiger partial charge >= 0.3 is 0 Å². The van der Waals surface area contributed by atoms with Crippen LogP contribution < -0.4 is 14.8 Å². The lowest BCUT2D eigenvalue weighted by Gasteiger charge is -2.13. The van der Waals surface area contributed by atoms with Crippen molar-refractivity contribution in [1.29, 1.82) is 0 Å². The minimum absolute atomic E-state index is 0.0414. The molecular formula is C29H27N3O7S. The smallest absolute Gasteiger partial charge is 0.294 e. The Bertz CT molecular complexity index is 1470. The first-order valence-electron chi connectivity index (χ1n) is 12.5. The molecule has 0 aliphatic carbocycles. The molecule has 0 bridgehead atoms. The summed E-state index contributed by atoms with van der Waals surface area (Å²) < 4.78 is 11.5. The number of rotatable bonds is 11. The quantitative estimate of drug-likeness (QED) is 0.176. The highest BCUT2D eigenvalue weighted by Crippen LogP contribution is 2.35. The maximum atomic E-state index is 12.9. The molecule has 206 valence electrons. The maximum Gasteiger partial charge on any atom is 0.294 e. The number of imide groups is 1. The van der Waals surface area contributed by atoms with Gasteiger partial charge in [0.1, 0.15) is 13.2 Å². The van der Waals surface area contributed by atoms with Crippen LogP contribution in [-0.2, 0) is 22.6 Å². The first-order chi connectivity index (χ1) is 19.3. The Morgan fingerprint density at radius 3 is 2.48 bits per heavy atom. The Labute approximate surface area is 235 Å². The van der Waals surface area contributed by atoms with Gasteiger partial charge in [-0.15, -0.1) is 0 Å². The Hall–Kier alpha value is -4.64. The molecule has 0 spiro atoms. The van der Waals surface area contributed by atoms with Crippen molar-refractivity contribution in [2.24, 2.45) is 0 Å². The molecule has 1 fully saturated rings. The molecular weight excluding hydrogens is 534 g/mol. The number of aryl methyl sites for hydroxylation is 1. The van der Waals surface area contributed by atoms with Gasteiger partial charge in [0.25, 0.3) is 16.8 Å². The molecule has 1 heterocycles. The summed E-state index contributed by atoms with van der Waals surface area (Å²) in [7, 11) is 0. The van der Waals surface area contributed by atoms with E-state index in [1.54, 1.807) is 61.5 Å². The summed E-state index contributed by atoms with van der Waals surface area (Å²) in [5, 5.41) is 13.5. The summed E-state index contributed by atoms with van der Waals surface area (Å²) in [5.74, 6) is -0.302. The Morgan fingerprint density at radius 1 is 1.02 bits per heavy atom. The van der Waals surface area contributed by atoms with Crippen LogP contribution in [0.2, 0.25) is 0 Å². The number of benzene rings is 3. The van der Waals surface area contributed by atoms with Crippen molar-refractivity contribution in [2.75, 3.05) is 18.5 Å². The third-order valence-electron chi connectivity index (χ3n) is 5.96. The zero-order valence-electron chi connectivity index (χ0n) is 21.9. The lowest BCUT2D eigenvalue weighted by molar-refractivity contribution is -0.385. The number of nitro benzene ring substituents is 1. The number of hydrogen-bond donors (Lipinski definition) is 1. The topological polar surface area (TPSA) is 128 Å². The van der Waals surface area contributed by atoms with Gasteiger partial charge < -0.3 is 14.8 Å². The third-order valence-corrected chi connectivity index (χ3v) is 6.87. The summed E-state index contributed by atoms with van der Waals surface area (Å²) in [5.41, 5.74) is 2.65. The molecule has 1 aliphatic heterocycles. The third kappa shape index (κ3) is 6.86. The molecule has 0 saturated carbocycles. The molecule has 0 radical (unpaired) electrons. The highest BCUT2D eigenvalue weighted by molar-refractivity contribution is 8.18. The van der Waals surface area contributed by atoms with Crippen LogP contribution in [0.3, 0.4) is 0 Å². The monoisotopic (exact) mass is 561 g/mol. The normalized spacial score (nSPS) is 13.9. The Balaban J connectivity index is 1.45. The first kappa shape index (κ1) is 28.4. The van der Waals surface area contributed by atoms with E-state index in [4.69, 9.17) is 9.47 Å². The lowest BCUT2D eigenvalue weighted by Crippen LogP contribution is -2.36. The van der Waals surface area contributed by atoms with Gasteiger partial charge in [-0.1, -0.05) is 37.3 Å². The predicted molar refractivity (Wildman–Crippen MR) is 152 cm³/mol. The molecule has 1 saturated heterocycles. The second-order valence-corrected chi connectivity index (χ2v) is 9.67. The van der Waals surface area contributed by atoms with Crippen LogP contribution in [-0.4, -0.2) is 40.0 Å². The van der Waals surface area contributed by atoms with Crippen molar-refractivity contribution in [3.63, 3.8) is 0 Å². The number of thioether (sulfide) groups is 1. The van der Waals surface area contributed by atoms with Crippen LogP contribution >= 0.6 is 11.8 Å². The van der Waals surface area contributed by atoms with Crippen LogP contribution in [0.5, 0.6) is 11.5 Å². The van der Waals surface area contributed by atoms with E-state index in [0.29, 0.717) is 34.9 Å². The predicted octanol–water partition coefficient (Wildman–Crippen LogP) is 5.81. The molecule has 3 aromatic carbocycles. The molecule has 1 aliphatic rings. The zero-order valence-corrected chi connectivity index (χ0v) is 22.7. The molecule has 1 N–H and O–H groups in total. The van der Waals surface area contributed by atoms with Gasteiger partial charge in [0, 0.05) is 11.8 Å². The Kier molecular flexibility index (Phi) is 9.18. The second kappa shape index (κ2) is 12.9. The SMILES string of the molecule is CCOc1cc(/C=C2/SC(=O)N(CC(=O)Nc3ccc(CC)cc3)C2=O)ccc1OCc1ccccc1[N+](=O)[O-]. The van der Waals surface area contributed by atoms with E-state index < -0.39 is 28.5 Å². The number of carbonyl (C=O) groups excluding carboxylic acids is 3. The lowest BCUT2D eigenvalue weighted by atomic mass is 10.1. The Morgan fingerprint density at radius 2 is 1.77 bits per heavy atom. The van der Waals surface area contributed by atoms with E-state index in [9.17, 15) is 24.5 Å². The first-order valence-corrected chi connectivity index (χ1v) is 13.4. The number of para-hydroxylation sites is 1. The summed E-state index contributed by atoms with van der Waals surface area (Å²) in [6.07, 6.45) is 2.41. The average molecular weight is 562 g/mol. The number of nitro groups is 1. The van der Waals surface area contributed by atoms with Gasteiger partial charge in [-0.25, -0.2) is 0 Å². The molecule has 11 heteroatoms. The fraction of sp³-hybridized carbons (Fsp3) is 0.207. The number of carbonyl (C=O) groups is 3. The highest BCUT2D eigenvalue weighted by Gasteiger charge is 2.36. The highest BCUT2D eigenvalue weighted by atomic mass is 32.2. The van der Waals surface area contributed by atoms with Crippen LogP contribution in [0.15, 0.2) is 71.6 Å². The molecule has 0 atom stereocenters. The van der Waals surface area contributed by atoms with Crippen LogP contribution in [0.4, 0.5) is 16.2 Å². The van der Waals surface area contributed by atoms with Crippen molar-refractivity contribution in [3.8, 4) is 11.5 Å². The van der Waals surface area contributed by atoms with E-state index in [1.807, 2.05) is 19.1 Å². The molecule has 10 nitrogen and oxygen atoms in total. The number of anilines is 1. The zero-order chi connectivity index (χ0) is 28.6. The van der Waals surface area contributed by atoms with Crippen LogP contribution in [0, 0.1) is 10.1 Å². The van der Waals surface area contributed by atoms with E-state index in [2.05, 4.69) is 5.32 Å². The summed E-state index contributed by atoms with van der Waals surface area (Å²) in [4.78, 5) is 49.9. The molecule has 3 aromatic rings. The average Bonchev–Trinajstić information content (AvgIpc) is 3.20. The number of hydrogen-bond acceptors (Lipinski definition) is 8. The minimum Gasteiger partial charge on any atom is -0.490 e. The van der Waals surface area contributed by atoms with Gasteiger partial charge in [-0.3, -0.25) is 29.4 Å².